The van der Waals surface area contributed by atoms with Crippen molar-refractivity contribution in [1.29, 1.82) is 0 Å². The molecule has 0 aliphatic rings. The molecule has 0 saturated carbocycles. The molecule has 0 N–H and O–H groups in total. The van der Waals surface area contributed by atoms with E-state index in [1.165, 1.54) is 18.7 Å². The third kappa shape index (κ3) is 5.66. The molecule has 0 unspecified atom stereocenters. The summed E-state index contributed by atoms with van der Waals surface area (Å²) in [6, 6.07) is 14.7. The summed E-state index contributed by atoms with van der Waals surface area (Å²) in [4.78, 5) is 30.3. The average molecular weight is 540 g/mol. The highest BCUT2D eigenvalue weighted by Crippen LogP contribution is 2.35. The van der Waals surface area contributed by atoms with Crippen molar-refractivity contribution in [2.24, 2.45) is 5.10 Å². The zero-order valence-electron chi connectivity index (χ0n) is 23.6. The van der Waals surface area contributed by atoms with Gasteiger partial charge in [-0.15, -0.1) is 6.58 Å². The van der Waals surface area contributed by atoms with Gasteiger partial charge in [-0.05, 0) is 72.4 Å². The number of allylic oxidation sites excluding steroid dienone is 1. The summed E-state index contributed by atoms with van der Waals surface area (Å²) in [6.45, 7) is 11.3. The molecule has 4 aromatic rings. The SMILES string of the molecule is C=CCc1cc(C=Nn2c(-c3cc(C(C)C)c(OC)cc3C)nc3ccccc3c2=O)cc(OC)c1OC(C)=O. The van der Waals surface area contributed by atoms with E-state index < -0.39 is 5.97 Å². The van der Waals surface area contributed by atoms with Gasteiger partial charge in [-0.1, -0.05) is 32.1 Å². The molecular weight excluding hydrogens is 506 g/mol. The molecule has 0 fully saturated rings. The summed E-state index contributed by atoms with van der Waals surface area (Å²) in [5.74, 6) is 1.62. The molecule has 1 aromatic heterocycles. The maximum Gasteiger partial charge on any atom is 0.308 e. The first-order valence-electron chi connectivity index (χ1n) is 12.9. The summed E-state index contributed by atoms with van der Waals surface area (Å²) < 4.78 is 17.9. The lowest BCUT2D eigenvalue weighted by atomic mass is 9.96. The predicted molar refractivity (Wildman–Crippen MR) is 158 cm³/mol. The Balaban J connectivity index is 1.95. The molecular formula is C32H33N3O5. The number of aromatic nitrogens is 2. The van der Waals surface area contributed by atoms with E-state index in [0.29, 0.717) is 45.8 Å². The Kier molecular flexibility index (Phi) is 8.48. The quantitative estimate of drug-likeness (QED) is 0.111. The second kappa shape index (κ2) is 12.0. The standard InChI is InChI=1S/C32H33N3O5/c1-8-11-23-15-22(16-29(39-7)30(23)40-21(5)36)18-33-35-31(34-27-13-10-9-12-24(27)32(35)37)26-17-25(19(2)3)28(38-6)14-20(26)4/h8-10,12-19H,1,11H2,2-7H3. The van der Waals surface area contributed by atoms with E-state index in [2.05, 4.69) is 25.5 Å². The highest BCUT2D eigenvalue weighted by atomic mass is 16.6. The van der Waals surface area contributed by atoms with Gasteiger partial charge in [-0.3, -0.25) is 9.59 Å². The molecule has 8 heteroatoms. The number of carbonyl (C=O) groups excluding carboxylic acids is 1. The Labute approximate surface area is 233 Å². The van der Waals surface area contributed by atoms with Crippen LogP contribution in [0.5, 0.6) is 17.2 Å². The van der Waals surface area contributed by atoms with Gasteiger partial charge in [-0.25, -0.2) is 4.98 Å². The van der Waals surface area contributed by atoms with Crippen molar-refractivity contribution < 1.29 is 19.0 Å². The van der Waals surface area contributed by atoms with Crippen LogP contribution >= 0.6 is 0 Å². The number of carbonyl (C=O) groups is 1. The monoisotopic (exact) mass is 539 g/mol. The number of aryl methyl sites for hydroxylation is 1. The molecule has 0 atom stereocenters. The molecule has 3 aromatic carbocycles. The van der Waals surface area contributed by atoms with Gasteiger partial charge >= 0.3 is 5.97 Å². The van der Waals surface area contributed by atoms with E-state index in [4.69, 9.17) is 19.2 Å². The minimum absolute atomic E-state index is 0.185. The number of hydrogen-bond acceptors (Lipinski definition) is 7. The highest BCUT2D eigenvalue weighted by molar-refractivity contribution is 5.84. The zero-order valence-corrected chi connectivity index (χ0v) is 23.6. The fourth-order valence-corrected chi connectivity index (χ4v) is 4.57. The number of nitrogens with zero attached hydrogens (tertiary/aromatic N) is 3. The second-order valence-electron chi connectivity index (χ2n) is 9.68. The number of hydrogen-bond donors (Lipinski definition) is 0. The Morgan fingerprint density at radius 3 is 2.48 bits per heavy atom. The Morgan fingerprint density at radius 1 is 1.10 bits per heavy atom. The second-order valence-corrected chi connectivity index (χ2v) is 9.68. The number of methoxy groups -OCH3 is 2. The summed E-state index contributed by atoms with van der Waals surface area (Å²) in [5, 5.41) is 5.08. The van der Waals surface area contributed by atoms with Crippen molar-refractivity contribution in [3.05, 3.63) is 93.8 Å². The molecule has 4 rings (SSSR count). The number of fused-ring (bicyclic) bond motifs is 1. The number of rotatable bonds is 9. The van der Waals surface area contributed by atoms with Crippen LogP contribution in [0, 0.1) is 6.92 Å². The molecule has 8 nitrogen and oxygen atoms in total. The van der Waals surface area contributed by atoms with Gasteiger partial charge in [0, 0.05) is 18.1 Å². The Bertz CT molecular complexity index is 1680. The van der Waals surface area contributed by atoms with Crippen molar-refractivity contribution >= 4 is 23.1 Å². The van der Waals surface area contributed by atoms with Gasteiger partial charge in [-0.2, -0.15) is 9.78 Å². The van der Waals surface area contributed by atoms with E-state index in [-0.39, 0.29) is 11.5 Å². The summed E-state index contributed by atoms with van der Waals surface area (Å²) in [6.07, 6.45) is 3.71. The van der Waals surface area contributed by atoms with Crippen molar-refractivity contribution in [3.63, 3.8) is 0 Å². The van der Waals surface area contributed by atoms with Crippen LogP contribution in [0.4, 0.5) is 0 Å². The largest absolute Gasteiger partial charge is 0.496 e. The van der Waals surface area contributed by atoms with E-state index in [9.17, 15) is 9.59 Å². The van der Waals surface area contributed by atoms with Gasteiger partial charge in [0.15, 0.2) is 17.3 Å². The van der Waals surface area contributed by atoms with Crippen molar-refractivity contribution in [2.75, 3.05) is 14.2 Å². The normalized spacial score (nSPS) is 11.3. The zero-order chi connectivity index (χ0) is 29.0. The highest BCUT2D eigenvalue weighted by Gasteiger charge is 2.19. The van der Waals surface area contributed by atoms with Crippen LogP contribution in [-0.4, -0.2) is 36.1 Å². The lowest BCUT2D eigenvalue weighted by molar-refractivity contribution is -0.132. The van der Waals surface area contributed by atoms with Crippen LogP contribution in [0.2, 0.25) is 0 Å². The van der Waals surface area contributed by atoms with Crippen LogP contribution in [0.15, 0.2) is 71.1 Å². The minimum atomic E-state index is -0.459. The maximum atomic E-state index is 13.8. The Hall–Kier alpha value is -4.72. The average Bonchev–Trinajstić information content (AvgIpc) is 2.93. The predicted octanol–water partition coefficient (Wildman–Crippen LogP) is 6.05. The molecule has 0 spiro atoms. The molecule has 0 radical (unpaired) electrons. The third-order valence-electron chi connectivity index (χ3n) is 6.50. The number of esters is 1. The fourth-order valence-electron chi connectivity index (χ4n) is 4.57. The van der Waals surface area contributed by atoms with Gasteiger partial charge in [0.2, 0.25) is 0 Å². The van der Waals surface area contributed by atoms with Gasteiger partial charge in [0.1, 0.15) is 5.75 Å². The van der Waals surface area contributed by atoms with Crippen molar-refractivity contribution in [1.82, 2.24) is 9.66 Å². The van der Waals surface area contributed by atoms with Crippen LogP contribution in [0.1, 0.15) is 48.9 Å². The van der Waals surface area contributed by atoms with E-state index in [0.717, 1.165) is 22.4 Å². The van der Waals surface area contributed by atoms with E-state index >= 15 is 0 Å². The molecule has 206 valence electrons. The lowest BCUT2D eigenvalue weighted by Crippen LogP contribution is -2.21. The van der Waals surface area contributed by atoms with E-state index in [1.807, 2.05) is 37.3 Å². The summed E-state index contributed by atoms with van der Waals surface area (Å²) in [5.41, 5.74) is 4.30. The molecule has 0 aliphatic heterocycles. The Morgan fingerprint density at radius 2 is 1.82 bits per heavy atom. The van der Waals surface area contributed by atoms with Gasteiger partial charge in [0.25, 0.3) is 5.56 Å². The molecule has 40 heavy (non-hydrogen) atoms. The first kappa shape index (κ1) is 28.3. The fraction of sp³-hybridized carbons (Fsp3) is 0.250. The number of benzene rings is 3. The summed E-state index contributed by atoms with van der Waals surface area (Å²) in [7, 11) is 3.14. The topological polar surface area (TPSA) is 92.0 Å². The van der Waals surface area contributed by atoms with Crippen molar-refractivity contribution in [3.8, 4) is 28.6 Å². The lowest BCUT2D eigenvalue weighted by Gasteiger charge is -2.17. The maximum absolute atomic E-state index is 13.8. The molecule has 1 heterocycles. The molecule has 0 bridgehead atoms. The van der Waals surface area contributed by atoms with Crippen LogP contribution in [0.25, 0.3) is 22.3 Å². The molecule has 0 aliphatic carbocycles. The molecule has 0 saturated heterocycles. The summed E-state index contributed by atoms with van der Waals surface area (Å²) >= 11 is 0. The molecule has 0 amide bonds. The first-order chi connectivity index (χ1) is 19.2. The van der Waals surface area contributed by atoms with Crippen LogP contribution in [0.3, 0.4) is 0 Å². The van der Waals surface area contributed by atoms with Crippen molar-refractivity contribution in [2.45, 2.75) is 40.0 Å². The minimum Gasteiger partial charge on any atom is -0.496 e. The van der Waals surface area contributed by atoms with Crippen LogP contribution < -0.4 is 19.8 Å². The van der Waals surface area contributed by atoms with Crippen LogP contribution in [-0.2, 0) is 11.2 Å². The van der Waals surface area contributed by atoms with Gasteiger partial charge < -0.3 is 14.2 Å². The van der Waals surface area contributed by atoms with Gasteiger partial charge in [0.05, 0.1) is 31.3 Å². The first-order valence-corrected chi connectivity index (χ1v) is 12.9. The van der Waals surface area contributed by atoms with E-state index in [1.54, 1.807) is 37.6 Å². The third-order valence-corrected chi connectivity index (χ3v) is 6.50. The number of para-hydroxylation sites is 1. The number of ether oxygens (including phenoxy) is 3. The smallest absolute Gasteiger partial charge is 0.308 e.